The van der Waals surface area contributed by atoms with Crippen LogP contribution in [0.2, 0.25) is 0 Å². The van der Waals surface area contributed by atoms with Gasteiger partial charge < -0.3 is 15.6 Å². The van der Waals surface area contributed by atoms with Gasteiger partial charge in [0.2, 0.25) is 0 Å². The van der Waals surface area contributed by atoms with Gasteiger partial charge in [-0.2, -0.15) is 0 Å². The van der Waals surface area contributed by atoms with Crippen LogP contribution in [-0.2, 0) is 19.4 Å². The lowest BCUT2D eigenvalue weighted by Crippen LogP contribution is -2.27. The number of rotatable bonds is 5. The lowest BCUT2D eigenvalue weighted by molar-refractivity contribution is 0.625. The summed E-state index contributed by atoms with van der Waals surface area (Å²) in [4.78, 5) is 17.3. The van der Waals surface area contributed by atoms with Crippen LogP contribution in [0.3, 0.4) is 0 Å². The molecule has 3 aromatic heterocycles. The van der Waals surface area contributed by atoms with Gasteiger partial charge >= 0.3 is 0 Å². The van der Waals surface area contributed by atoms with E-state index in [9.17, 15) is 0 Å². The van der Waals surface area contributed by atoms with Crippen molar-refractivity contribution in [3.05, 3.63) is 71.7 Å². The van der Waals surface area contributed by atoms with Crippen LogP contribution in [-0.4, -0.2) is 33.0 Å². The molecule has 0 saturated heterocycles. The topological polar surface area (TPSA) is 78.5 Å². The Morgan fingerprint density at radius 3 is 2.89 bits per heavy atom. The molecule has 1 aromatic carbocycles. The largest absolute Gasteiger partial charge is 0.369 e. The molecule has 0 saturated carbocycles. The smallest absolute Gasteiger partial charge is 0.180 e. The molecule has 6 heteroatoms. The van der Waals surface area contributed by atoms with E-state index in [2.05, 4.69) is 51.1 Å². The van der Waals surface area contributed by atoms with Gasteiger partial charge in [0.25, 0.3) is 0 Å². The second-order valence-corrected chi connectivity index (χ2v) is 7.00. The zero-order chi connectivity index (χ0) is 18.8. The van der Waals surface area contributed by atoms with E-state index in [4.69, 9.17) is 9.97 Å². The van der Waals surface area contributed by atoms with E-state index in [1.165, 1.54) is 22.0 Å². The van der Waals surface area contributed by atoms with Gasteiger partial charge in [-0.3, -0.25) is 4.98 Å². The predicted octanol–water partition coefficient (Wildman–Crippen LogP) is 3.32. The third-order valence-electron chi connectivity index (χ3n) is 5.19. The number of nitrogens with zero attached hydrogens (tertiary/aromatic N) is 3. The number of fused-ring (bicyclic) bond motifs is 2. The summed E-state index contributed by atoms with van der Waals surface area (Å²) in [6.45, 7) is 2.55. The third-order valence-corrected chi connectivity index (χ3v) is 5.19. The number of aromatic amines is 1. The van der Waals surface area contributed by atoms with E-state index in [-0.39, 0.29) is 0 Å². The van der Waals surface area contributed by atoms with Crippen molar-refractivity contribution in [3.63, 3.8) is 0 Å². The van der Waals surface area contributed by atoms with Crippen molar-refractivity contribution in [1.82, 2.24) is 25.3 Å². The second kappa shape index (κ2) is 7.40. The molecule has 0 spiro atoms. The molecule has 0 bridgehead atoms. The standard InChI is InChI=1S/C22H22N6/c1-2-6-18-16(5-1)15(13-26-18)8-12-25-21-17-9-11-23-14-20(17)27-22(28-21)19-7-3-4-10-24-19/h1-7,10,13,23,26H,8-9,11-12,14H2,(H,25,27,28). The van der Waals surface area contributed by atoms with Crippen molar-refractivity contribution in [2.45, 2.75) is 19.4 Å². The van der Waals surface area contributed by atoms with Gasteiger partial charge in [0.15, 0.2) is 5.82 Å². The minimum Gasteiger partial charge on any atom is -0.369 e. The van der Waals surface area contributed by atoms with Crippen molar-refractivity contribution < 1.29 is 0 Å². The average Bonchev–Trinajstić information content (AvgIpc) is 3.17. The highest BCUT2D eigenvalue weighted by Crippen LogP contribution is 2.24. The molecule has 0 atom stereocenters. The van der Waals surface area contributed by atoms with Crippen molar-refractivity contribution in [3.8, 4) is 11.5 Å². The maximum atomic E-state index is 4.82. The molecule has 0 radical (unpaired) electrons. The van der Waals surface area contributed by atoms with Gasteiger partial charge in [0.05, 0.1) is 5.69 Å². The monoisotopic (exact) mass is 370 g/mol. The summed E-state index contributed by atoms with van der Waals surface area (Å²) in [5.41, 5.74) is 5.59. The normalized spacial score (nSPS) is 13.4. The fraction of sp³-hybridized carbons (Fsp3) is 0.227. The first kappa shape index (κ1) is 16.9. The first-order valence-electron chi connectivity index (χ1n) is 9.69. The van der Waals surface area contributed by atoms with Gasteiger partial charge in [-0.05, 0) is 43.1 Å². The lowest BCUT2D eigenvalue weighted by atomic mass is 10.1. The van der Waals surface area contributed by atoms with Gasteiger partial charge in [-0.25, -0.2) is 9.97 Å². The average molecular weight is 370 g/mol. The van der Waals surface area contributed by atoms with E-state index in [1.54, 1.807) is 6.20 Å². The van der Waals surface area contributed by atoms with E-state index >= 15 is 0 Å². The van der Waals surface area contributed by atoms with Crippen molar-refractivity contribution in [1.29, 1.82) is 0 Å². The molecule has 1 aliphatic rings. The molecule has 3 N–H and O–H groups in total. The number of para-hydroxylation sites is 1. The Balaban J connectivity index is 1.40. The maximum absolute atomic E-state index is 4.82. The van der Waals surface area contributed by atoms with Gasteiger partial charge in [0.1, 0.15) is 11.5 Å². The summed E-state index contributed by atoms with van der Waals surface area (Å²) in [5, 5.41) is 8.25. The number of benzene rings is 1. The molecule has 0 unspecified atom stereocenters. The summed E-state index contributed by atoms with van der Waals surface area (Å²) in [5.74, 6) is 1.62. The van der Waals surface area contributed by atoms with Gasteiger partial charge in [0, 0.05) is 41.9 Å². The SMILES string of the molecule is c1ccc(-c2nc3c(c(NCCc4c[nH]c5ccccc45)n2)CCNC3)nc1. The van der Waals surface area contributed by atoms with Crippen LogP contribution in [0.25, 0.3) is 22.4 Å². The highest BCUT2D eigenvalue weighted by atomic mass is 15.1. The van der Waals surface area contributed by atoms with Crippen LogP contribution < -0.4 is 10.6 Å². The second-order valence-electron chi connectivity index (χ2n) is 7.00. The zero-order valence-corrected chi connectivity index (χ0v) is 15.6. The van der Waals surface area contributed by atoms with Crippen LogP contribution >= 0.6 is 0 Å². The van der Waals surface area contributed by atoms with Crippen molar-refractivity contribution in [2.24, 2.45) is 0 Å². The molecule has 28 heavy (non-hydrogen) atoms. The highest BCUT2D eigenvalue weighted by molar-refractivity contribution is 5.83. The van der Waals surface area contributed by atoms with Gasteiger partial charge in [-0.1, -0.05) is 24.3 Å². The minimum atomic E-state index is 0.678. The van der Waals surface area contributed by atoms with Crippen LogP contribution in [0.4, 0.5) is 5.82 Å². The first-order valence-corrected chi connectivity index (χ1v) is 9.69. The van der Waals surface area contributed by atoms with E-state index in [0.717, 1.165) is 49.7 Å². The molecular weight excluding hydrogens is 348 g/mol. The first-order chi connectivity index (χ1) is 13.9. The Morgan fingerprint density at radius 1 is 1.04 bits per heavy atom. The Hall–Kier alpha value is -3.25. The summed E-state index contributed by atoms with van der Waals surface area (Å²) in [7, 11) is 0. The Kier molecular flexibility index (Phi) is 4.47. The number of anilines is 1. The third kappa shape index (κ3) is 3.23. The molecule has 0 aliphatic carbocycles. The Bertz CT molecular complexity index is 1100. The van der Waals surface area contributed by atoms with Crippen molar-refractivity contribution >= 4 is 16.7 Å². The molecule has 6 nitrogen and oxygen atoms in total. The summed E-state index contributed by atoms with van der Waals surface area (Å²) in [6.07, 6.45) is 5.75. The molecular formula is C22H22N6. The van der Waals surface area contributed by atoms with E-state index in [0.29, 0.717) is 5.82 Å². The zero-order valence-electron chi connectivity index (χ0n) is 15.6. The van der Waals surface area contributed by atoms with Crippen molar-refractivity contribution in [2.75, 3.05) is 18.4 Å². The lowest BCUT2D eigenvalue weighted by Gasteiger charge is -2.20. The predicted molar refractivity (Wildman–Crippen MR) is 111 cm³/mol. The number of hydrogen-bond acceptors (Lipinski definition) is 5. The molecule has 0 fully saturated rings. The molecule has 5 rings (SSSR count). The Morgan fingerprint density at radius 2 is 1.96 bits per heavy atom. The highest BCUT2D eigenvalue weighted by Gasteiger charge is 2.18. The summed E-state index contributed by atoms with van der Waals surface area (Å²) >= 11 is 0. The summed E-state index contributed by atoms with van der Waals surface area (Å²) < 4.78 is 0. The molecule has 140 valence electrons. The molecule has 1 aliphatic heterocycles. The fourth-order valence-corrected chi connectivity index (χ4v) is 3.77. The van der Waals surface area contributed by atoms with Crippen LogP contribution in [0.1, 0.15) is 16.8 Å². The van der Waals surface area contributed by atoms with E-state index in [1.807, 2.05) is 18.2 Å². The molecule has 4 heterocycles. The molecule has 0 amide bonds. The Labute approximate surface area is 163 Å². The number of H-pyrrole nitrogens is 1. The summed E-state index contributed by atoms with van der Waals surface area (Å²) in [6, 6.07) is 14.2. The molecule has 4 aromatic rings. The number of nitrogens with one attached hydrogen (secondary N) is 3. The van der Waals surface area contributed by atoms with Gasteiger partial charge in [-0.15, -0.1) is 0 Å². The fourth-order valence-electron chi connectivity index (χ4n) is 3.77. The van der Waals surface area contributed by atoms with Crippen LogP contribution in [0.15, 0.2) is 54.9 Å². The minimum absolute atomic E-state index is 0.678. The number of hydrogen-bond donors (Lipinski definition) is 3. The van der Waals surface area contributed by atoms with Crippen LogP contribution in [0, 0.1) is 0 Å². The quantitative estimate of drug-likeness (QED) is 0.502. The van der Waals surface area contributed by atoms with Crippen LogP contribution in [0.5, 0.6) is 0 Å². The number of pyridine rings is 1. The van der Waals surface area contributed by atoms with E-state index < -0.39 is 0 Å². The maximum Gasteiger partial charge on any atom is 0.180 e. The number of aromatic nitrogens is 4.